The lowest BCUT2D eigenvalue weighted by Gasteiger charge is -2.23. The SMILES string of the molecule is CNC(=O)C(C)(C)CNC(=O)c1cc(-c2cccnc2)nc2ccccc12. The fourth-order valence-corrected chi connectivity index (χ4v) is 2.84. The summed E-state index contributed by atoms with van der Waals surface area (Å²) >= 11 is 0. The molecule has 1 aromatic carbocycles. The maximum absolute atomic E-state index is 12.9. The molecule has 0 atom stereocenters. The topological polar surface area (TPSA) is 84.0 Å². The highest BCUT2D eigenvalue weighted by Crippen LogP contribution is 2.24. The van der Waals surface area contributed by atoms with Gasteiger partial charge < -0.3 is 10.6 Å². The van der Waals surface area contributed by atoms with Crippen LogP contribution in [0.1, 0.15) is 24.2 Å². The lowest BCUT2D eigenvalue weighted by Crippen LogP contribution is -2.43. The Bertz CT molecular complexity index is 984. The second-order valence-corrected chi connectivity index (χ2v) is 6.96. The maximum atomic E-state index is 12.9. The molecule has 27 heavy (non-hydrogen) atoms. The van der Waals surface area contributed by atoms with E-state index < -0.39 is 5.41 Å². The van der Waals surface area contributed by atoms with Crippen molar-refractivity contribution in [3.05, 3.63) is 60.4 Å². The third kappa shape index (κ3) is 3.95. The van der Waals surface area contributed by atoms with E-state index in [4.69, 9.17) is 0 Å². The van der Waals surface area contributed by atoms with E-state index in [1.54, 1.807) is 39.4 Å². The highest BCUT2D eigenvalue weighted by atomic mass is 16.2. The summed E-state index contributed by atoms with van der Waals surface area (Å²) in [4.78, 5) is 33.7. The van der Waals surface area contributed by atoms with Gasteiger partial charge in [0.05, 0.1) is 22.2 Å². The molecular formula is C21H22N4O2. The number of rotatable bonds is 5. The molecule has 6 heteroatoms. The first-order valence-electron chi connectivity index (χ1n) is 8.73. The van der Waals surface area contributed by atoms with E-state index in [0.29, 0.717) is 11.3 Å². The van der Waals surface area contributed by atoms with Gasteiger partial charge in [-0.05, 0) is 38.1 Å². The van der Waals surface area contributed by atoms with Gasteiger partial charge >= 0.3 is 0 Å². The maximum Gasteiger partial charge on any atom is 0.252 e. The van der Waals surface area contributed by atoms with E-state index in [1.165, 1.54) is 0 Å². The summed E-state index contributed by atoms with van der Waals surface area (Å²) in [6, 6.07) is 13.0. The third-order valence-electron chi connectivity index (χ3n) is 4.45. The molecule has 6 nitrogen and oxygen atoms in total. The molecule has 2 heterocycles. The summed E-state index contributed by atoms with van der Waals surface area (Å²) < 4.78 is 0. The van der Waals surface area contributed by atoms with Crippen LogP contribution in [0, 0.1) is 5.41 Å². The monoisotopic (exact) mass is 362 g/mol. The van der Waals surface area contributed by atoms with Gasteiger partial charge in [-0.2, -0.15) is 0 Å². The average Bonchev–Trinajstić information content (AvgIpc) is 2.71. The molecule has 3 aromatic rings. The van der Waals surface area contributed by atoms with Crippen molar-refractivity contribution in [3.8, 4) is 11.3 Å². The number of carbonyl (C=O) groups is 2. The Morgan fingerprint density at radius 2 is 1.89 bits per heavy atom. The first-order valence-corrected chi connectivity index (χ1v) is 8.73. The molecule has 0 aliphatic carbocycles. The van der Waals surface area contributed by atoms with Gasteiger partial charge in [0.25, 0.3) is 5.91 Å². The summed E-state index contributed by atoms with van der Waals surface area (Å²) in [6.07, 6.45) is 3.41. The van der Waals surface area contributed by atoms with E-state index in [0.717, 1.165) is 16.5 Å². The second-order valence-electron chi connectivity index (χ2n) is 6.96. The Kier molecular flexibility index (Phi) is 5.16. The molecule has 0 radical (unpaired) electrons. The van der Waals surface area contributed by atoms with Gasteiger partial charge in [0.15, 0.2) is 0 Å². The number of nitrogens with zero attached hydrogens (tertiary/aromatic N) is 2. The van der Waals surface area contributed by atoms with E-state index in [9.17, 15) is 9.59 Å². The fourth-order valence-electron chi connectivity index (χ4n) is 2.84. The first-order chi connectivity index (χ1) is 12.9. The van der Waals surface area contributed by atoms with Crippen LogP contribution in [0.15, 0.2) is 54.9 Å². The van der Waals surface area contributed by atoms with Gasteiger partial charge in [-0.1, -0.05) is 18.2 Å². The molecule has 0 saturated heterocycles. The van der Waals surface area contributed by atoms with Crippen LogP contribution in [0.25, 0.3) is 22.2 Å². The average molecular weight is 362 g/mol. The highest BCUT2D eigenvalue weighted by Gasteiger charge is 2.27. The molecule has 0 aliphatic rings. The molecule has 0 bridgehead atoms. The number of benzene rings is 1. The molecule has 0 unspecified atom stereocenters. The van der Waals surface area contributed by atoms with Gasteiger partial charge in [-0.15, -0.1) is 0 Å². The molecule has 138 valence electrons. The van der Waals surface area contributed by atoms with Crippen LogP contribution in [0.5, 0.6) is 0 Å². The Balaban J connectivity index is 1.97. The van der Waals surface area contributed by atoms with E-state index in [-0.39, 0.29) is 18.4 Å². The summed E-state index contributed by atoms with van der Waals surface area (Å²) in [5, 5.41) is 6.27. The number of hydrogen-bond acceptors (Lipinski definition) is 4. The van der Waals surface area contributed by atoms with Crippen LogP contribution in [-0.4, -0.2) is 35.4 Å². The highest BCUT2D eigenvalue weighted by molar-refractivity contribution is 6.07. The van der Waals surface area contributed by atoms with Gasteiger partial charge in [0.1, 0.15) is 0 Å². The quantitative estimate of drug-likeness (QED) is 0.731. The molecule has 3 rings (SSSR count). The summed E-state index contributed by atoms with van der Waals surface area (Å²) in [6.45, 7) is 3.81. The number of para-hydroxylation sites is 1. The first kappa shape index (κ1) is 18.5. The summed E-state index contributed by atoms with van der Waals surface area (Å²) in [5.41, 5.74) is 2.06. The van der Waals surface area contributed by atoms with Crippen LogP contribution >= 0.6 is 0 Å². The van der Waals surface area contributed by atoms with Gasteiger partial charge in [-0.3, -0.25) is 14.6 Å². The number of nitrogens with one attached hydrogen (secondary N) is 2. The van der Waals surface area contributed by atoms with Gasteiger partial charge in [-0.25, -0.2) is 4.98 Å². The van der Waals surface area contributed by atoms with E-state index >= 15 is 0 Å². The second kappa shape index (κ2) is 7.53. The van der Waals surface area contributed by atoms with Crippen molar-refractivity contribution < 1.29 is 9.59 Å². The van der Waals surface area contributed by atoms with Crippen molar-refractivity contribution in [2.75, 3.05) is 13.6 Å². The molecule has 0 fully saturated rings. The molecule has 2 amide bonds. The van der Waals surface area contributed by atoms with Crippen LogP contribution in [0.3, 0.4) is 0 Å². The Morgan fingerprint density at radius 3 is 2.59 bits per heavy atom. The van der Waals surface area contributed by atoms with Crippen molar-refractivity contribution in [1.82, 2.24) is 20.6 Å². The molecule has 0 saturated carbocycles. The molecule has 0 aliphatic heterocycles. The van der Waals surface area contributed by atoms with E-state index in [2.05, 4.69) is 20.6 Å². The van der Waals surface area contributed by atoms with Crippen LogP contribution in [0.2, 0.25) is 0 Å². The normalized spacial score (nSPS) is 11.2. The lowest BCUT2D eigenvalue weighted by atomic mass is 9.92. The number of aromatic nitrogens is 2. The molecule has 2 aromatic heterocycles. The largest absolute Gasteiger partial charge is 0.359 e. The van der Waals surface area contributed by atoms with Crippen molar-refractivity contribution in [3.63, 3.8) is 0 Å². The van der Waals surface area contributed by atoms with Crippen molar-refractivity contribution in [2.45, 2.75) is 13.8 Å². The molecule has 2 N–H and O–H groups in total. The van der Waals surface area contributed by atoms with Gasteiger partial charge in [0.2, 0.25) is 5.91 Å². The standard InChI is InChI=1S/C21H22N4O2/c1-21(2,20(27)22-3)13-24-19(26)16-11-18(14-7-6-10-23-12-14)25-17-9-5-4-8-15(16)17/h4-12H,13H2,1-3H3,(H,22,27)(H,24,26). The van der Waals surface area contributed by atoms with Crippen LogP contribution in [0.4, 0.5) is 0 Å². The predicted molar refractivity (Wildman–Crippen MR) is 105 cm³/mol. The van der Waals surface area contributed by atoms with Crippen molar-refractivity contribution in [2.24, 2.45) is 5.41 Å². The number of pyridine rings is 2. The summed E-state index contributed by atoms with van der Waals surface area (Å²) in [5.74, 6) is -0.367. The zero-order valence-corrected chi connectivity index (χ0v) is 15.6. The fraction of sp³-hybridized carbons (Fsp3) is 0.238. The number of fused-ring (bicyclic) bond motifs is 1. The zero-order valence-electron chi connectivity index (χ0n) is 15.6. The lowest BCUT2D eigenvalue weighted by molar-refractivity contribution is -0.128. The number of carbonyl (C=O) groups excluding carboxylic acids is 2. The van der Waals surface area contributed by atoms with Crippen molar-refractivity contribution >= 4 is 22.7 Å². The van der Waals surface area contributed by atoms with Crippen molar-refractivity contribution in [1.29, 1.82) is 0 Å². The minimum absolute atomic E-state index is 0.126. The van der Waals surface area contributed by atoms with E-state index in [1.807, 2.05) is 36.4 Å². The zero-order chi connectivity index (χ0) is 19.4. The molecular weight excluding hydrogens is 340 g/mol. The minimum atomic E-state index is -0.709. The Labute approximate surface area is 158 Å². The third-order valence-corrected chi connectivity index (χ3v) is 4.45. The van der Waals surface area contributed by atoms with Crippen LogP contribution in [-0.2, 0) is 4.79 Å². The Morgan fingerprint density at radius 1 is 1.11 bits per heavy atom. The molecule has 0 spiro atoms. The smallest absolute Gasteiger partial charge is 0.252 e. The van der Waals surface area contributed by atoms with Gasteiger partial charge in [0, 0.05) is 36.9 Å². The predicted octanol–water partition coefficient (Wildman–Crippen LogP) is 2.80. The number of hydrogen-bond donors (Lipinski definition) is 2. The Hall–Kier alpha value is -3.28. The van der Waals surface area contributed by atoms with Crippen LogP contribution < -0.4 is 10.6 Å². The summed E-state index contributed by atoms with van der Waals surface area (Å²) in [7, 11) is 1.59. The minimum Gasteiger partial charge on any atom is -0.359 e. The number of amides is 2.